The summed E-state index contributed by atoms with van der Waals surface area (Å²) in [7, 11) is 0. The summed E-state index contributed by atoms with van der Waals surface area (Å²) >= 11 is 0. The van der Waals surface area contributed by atoms with E-state index in [-0.39, 0.29) is 28.4 Å². The van der Waals surface area contributed by atoms with Crippen LogP contribution in [0.2, 0.25) is 0 Å². The van der Waals surface area contributed by atoms with Crippen molar-refractivity contribution in [3.05, 3.63) is 106 Å². The van der Waals surface area contributed by atoms with Gasteiger partial charge in [0.15, 0.2) is 0 Å². The molecule has 1 nitrogen and oxygen atoms in total. The highest BCUT2D eigenvalue weighted by Crippen LogP contribution is 2.49. The van der Waals surface area contributed by atoms with E-state index < -0.39 is 0 Å². The minimum atomic E-state index is -0.0903. The quantitative estimate of drug-likeness (QED) is 0.189. The average Bonchev–Trinajstić information content (AvgIpc) is 2.92. The average molecular weight is 552 g/mol. The van der Waals surface area contributed by atoms with Crippen molar-refractivity contribution in [2.24, 2.45) is 0 Å². The summed E-state index contributed by atoms with van der Waals surface area (Å²) in [6.07, 6.45) is 2.47. The number of benzene rings is 4. The first-order valence-corrected chi connectivity index (χ1v) is 16.0. The van der Waals surface area contributed by atoms with Gasteiger partial charge in [0, 0.05) is 22.5 Å². The lowest BCUT2D eigenvalue weighted by molar-refractivity contribution is 0.331. The minimum Gasteiger partial charge on any atom is -0.312 e. The van der Waals surface area contributed by atoms with Gasteiger partial charge in [0.25, 0.3) is 0 Å². The zero-order valence-electron chi connectivity index (χ0n) is 27.4. The molecule has 0 aromatic heterocycles. The maximum Gasteiger partial charge on any atom is 0.247 e. The van der Waals surface area contributed by atoms with Gasteiger partial charge in [0.1, 0.15) is 0 Å². The summed E-state index contributed by atoms with van der Waals surface area (Å²) in [5, 5.41) is 0. The van der Waals surface area contributed by atoms with Gasteiger partial charge in [0.2, 0.25) is 6.71 Å². The number of anilines is 3. The fourth-order valence-electron chi connectivity index (χ4n) is 8.26. The third kappa shape index (κ3) is 3.83. The minimum absolute atomic E-state index is 0.0903. The highest BCUT2D eigenvalue weighted by Gasteiger charge is 2.48. The predicted octanol–water partition coefficient (Wildman–Crippen LogP) is 8.58. The molecule has 4 aromatic rings. The highest BCUT2D eigenvalue weighted by atomic mass is 15.1. The van der Waals surface area contributed by atoms with Crippen molar-refractivity contribution in [1.82, 2.24) is 0 Å². The maximum atomic E-state index is 2.65. The lowest BCUT2D eigenvalue weighted by Gasteiger charge is -2.48. The summed E-state index contributed by atoms with van der Waals surface area (Å²) in [4.78, 5) is 2.53. The van der Waals surface area contributed by atoms with Gasteiger partial charge < -0.3 is 4.90 Å². The van der Waals surface area contributed by atoms with Crippen molar-refractivity contribution in [1.29, 1.82) is 0 Å². The van der Waals surface area contributed by atoms with Crippen LogP contribution in [0, 0.1) is 6.92 Å². The molecular weight excluding hydrogens is 505 g/mol. The van der Waals surface area contributed by atoms with Gasteiger partial charge in [-0.25, -0.2) is 0 Å². The second-order valence-corrected chi connectivity index (χ2v) is 16.2. The molecule has 4 aromatic carbocycles. The zero-order chi connectivity index (χ0) is 30.0. The van der Waals surface area contributed by atoms with Gasteiger partial charge in [0.05, 0.1) is 0 Å². The molecule has 2 heterocycles. The molecule has 3 aliphatic rings. The molecule has 0 amide bonds. The van der Waals surface area contributed by atoms with Crippen molar-refractivity contribution < 1.29 is 0 Å². The Kier molecular flexibility index (Phi) is 5.68. The first kappa shape index (κ1) is 27.6. The Morgan fingerprint density at radius 1 is 0.643 bits per heavy atom. The van der Waals surface area contributed by atoms with E-state index in [0.29, 0.717) is 0 Å². The van der Waals surface area contributed by atoms with E-state index in [1.165, 1.54) is 68.5 Å². The van der Waals surface area contributed by atoms with Crippen LogP contribution in [-0.4, -0.2) is 6.71 Å². The molecule has 0 N–H and O–H groups in total. The van der Waals surface area contributed by atoms with Gasteiger partial charge >= 0.3 is 0 Å². The van der Waals surface area contributed by atoms with Crippen molar-refractivity contribution >= 4 is 40.2 Å². The number of fused-ring (bicyclic) bond motifs is 5. The van der Waals surface area contributed by atoms with Crippen LogP contribution < -0.4 is 21.3 Å². The SMILES string of the molecule is Cc1ccc2c(c1)B1c3cc4c(cc3C(C)(C)c3cccc(c31)N2c1ccc(C(C)(C)C)cc1)C(C)(C)CCC4(C)C. The Morgan fingerprint density at radius 2 is 1.29 bits per heavy atom. The molecule has 0 unspecified atom stereocenters. The van der Waals surface area contributed by atoms with Gasteiger partial charge in [-0.05, 0) is 99.0 Å². The van der Waals surface area contributed by atoms with Gasteiger partial charge in [-0.15, -0.1) is 0 Å². The number of nitrogens with zero attached hydrogens (tertiary/aromatic N) is 1. The third-order valence-corrected chi connectivity index (χ3v) is 11.0. The number of hydrogen-bond acceptors (Lipinski definition) is 1. The zero-order valence-corrected chi connectivity index (χ0v) is 27.4. The molecule has 0 atom stereocenters. The van der Waals surface area contributed by atoms with E-state index in [0.717, 1.165) is 0 Å². The van der Waals surface area contributed by atoms with Crippen molar-refractivity contribution in [3.63, 3.8) is 0 Å². The molecule has 0 fully saturated rings. The largest absolute Gasteiger partial charge is 0.312 e. The molecule has 42 heavy (non-hydrogen) atoms. The molecule has 214 valence electrons. The lowest BCUT2D eigenvalue weighted by atomic mass is 9.29. The Hall–Kier alpha value is -3.26. The van der Waals surface area contributed by atoms with Crippen LogP contribution in [0.5, 0.6) is 0 Å². The molecule has 7 rings (SSSR count). The summed E-state index contributed by atoms with van der Waals surface area (Å²) in [5.41, 5.74) is 17.5. The van der Waals surface area contributed by atoms with Gasteiger partial charge in [-0.2, -0.15) is 0 Å². The van der Waals surface area contributed by atoms with Crippen LogP contribution in [0.15, 0.2) is 72.8 Å². The number of rotatable bonds is 1. The Labute approximate surface area is 254 Å². The molecule has 0 radical (unpaired) electrons. The second-order valence-electron chi connectivity index (χ2n) is 16.2. The van der Waals surface area contributed by atoms with Gasteiger partial charge in [-0.3, -0.25) is 0 Å². The fourth-order valence-corrected chi connectivity index (χ4v) is 8.26. The summed E-state index contributed by atoms with van der Waals surface area (Å²) in [5.74, 6) is 0. The van der Waals surface area contributed by atoms with Crippen molar-refractivity contribution in [2.75, 3.05) is 4.90 Å². The second kappa shape index (κ2) is 8.65. The maximum absolute atomic E-state index is 2.65. The highest BCUT2D eigenvalue weighted by molar-refractivity contribution is 6.99. The van der Waals surface area contributed by atoms with Crippen LogP contribution in [0.25, 0.3) is 0 Å². The fraction of sp³-hybridized carbons (Fsp3) is 0.400. The molecule has 1 aliphatic carbocycles. The Balaban J connectivity index is 1.53. The predicted molar refractivity (Wildman–Crippen MR) is 183 cm³/mol. The van der Waals surface area contributed by atoms with Crippen molar-refractivity contribution in [2.45, 2.75) is 104 Å². The van der Waals surface area contributed by atoms with Gasteiger partial charge in [-0.1, -0.05) is 122 Å². The van der Waals surface area contributed by atoms with Crippen LogP contribution in [0.3, 0.4) is 0 Å². The molecule has 0 saturated heterocycles. The van der Waals surface area contributed by atoms with Crippen LogP contribution in [0.4, 0.5) is 17.1 Å². The molecule has 2 heteroatoms. The molecule has 2 aliphatic heterocycles. The number of hydrogen-bond donors (Lipinski definition) is 0. The molecule has 0 bridgehead atoms. The first-order valence-electron chi connectivity index (χ1n) is 16.0. The van der Waals surface area contributed by atoms with Crippen LogP contribution in [0.1, 0.15) is 109 Å². The number of aryl methyl sites for hydroxylation is 1. The smallest absolute Gasteiger partial charge is 0.247 e. The summed E-state index contributed by atoms with van der Waals surface area (Å²) < 4.78 is 0. The van der Waals surface area contributed by atoms with E-state index in [4.69, 9.17) is 0 Å². The summed E-state index contributed by atoms with van der Waals surface area (Å²) in [6, 6.07) is 28.8. The van der Waals surface area contributed by atoms with Crippen LogP contribution >= 0.6 is 0 Å². The van der Waals surface area contributed by atoms with Crippen molar-refractivity contribution in [3.8, 4) is 0 Å². The molecular formula is C40H46BN. The third-order valence-electron chi connectivity index (χ3n) is 11.0. The summed E-state index contributed by atoms with van der Waals surface area (Å²) in [6.45, 7) is 24.1. The van der Waals surface area contributed by atoms with E-state index in [2.05, 4.69) is 147 Å². The monoisotopic (exact) mass is 551 g/mol. The first-order chi connectivity index (χ1) is 19.6. The Bertz CT molecular complexity index is 1750. The normalized spacial score (nSPS) is 19.0. The topological polar surface area (TPSA) is 3.24 Å². The lowest BCUT2D eigenvalue weighted by Crippen LogP contribution is -2.64. The standard InChI is InChI=1S/C40H46BN/c1-25-14-19-34-33(22-25)41-32-24-30-29(38(5,6)20-21-39(30,7)8)23-31(32)40(9,10)28-12-11-13-35(36(28)41)42(34)27-17-15-26(16-18-27)37(2,3)4/h11-19,22-24H,20-21H2,1-10H3. The van der Waals surface area contributed by atoms with E-state index in [1.54, 1.807) is 11.1 Å². The Morgan fingerprint density at radius 3 is 1.93 bits per heavy atom. The van der Waals surface area contributed by atoms with E-state index >= 15 is 0 Å². The molecule has 0 spiro atoms. The molecule has 0 saturated carbocycles. The van der Waals surface area contributed by atoms with E-state index in [9.17, 15) is 0 Å². The van der Waals surface area contributed by atoms with Crippen LogP contribution in [-0.2, 0) is 21.7 Å². The van der Waals surface area contributed by atoms with E-state index in [1.807, 2.05) is 0 Å².